The zero-order valence-electron chi connectivity index (χ0n) is 9.23. The Kier molecular flexibility index (Phi) is 3.92. The van der Waals surface area contributed by atoms with Crippen LogP contribution in [0.15, 0.2) is 36.0 Å². The Bertz CT molecular complexity index is 377. The largest absolute Gasteiger partial charge is 0.618 e. The van der Waals surface area contributed by atoms with Crippen LogP contribution in [0.25, 0.3) is 0 Å². The molecule has 0 bridgehead atoms. The Morgan fingerprint density at radius 2 is 1.93 bits per heavy atom. The lowest BCUT2D eigenvalue weighted by atomic mass is 10.2. The van der Waals surface area contributed by atoms with E-state index in [0.29, 0.717) is 5.70 Å². The van der Waals surface area contributed by atoms with Gasteiger partial charge in [0.05, 0.1) is 7.11 Å². The average molecular weight is 205 g/mol. The minimum atomic E-state index is 0.672. The molecule has 0 heterocycles. The minimum absolute atomic E-state index is 0.672. The second-order valence-corrected chi connectivity index (χ2v) is 3.16. The van der Waals surface area contributed by atoms with E-state index in [-0.39, 0.29) is 0 Å². The topological polar surface area (TPSA) is 35.3 Å². The van der Waals surface area contributed by atoms with Gasteiger partial charge in [-0.05, 0) is 37.3 Å². The molecule has 0 aliphatic rings. The third-order valence-electron chi connectivity index (χ3n) is 2.15. The summed E-state index contributed by atoms with van der Waals surface area (Å²) < 4.78 is 5.87. The fourth-order valence-electron chi connectivity index (χ4n) is 1.05. The molecule has 0 saturated carbocycles. The number of benzene rings is 1. The van der Waals surface area contributed by atoms with E-state index in [2.05, 4.69) is 0 Å². The SMILES string of the molecule is C/C=C(C)/[N+]([O-])=C/c1ccc(OC)cc1. The van der Waals surface area contributed by atoms with Gasteiger partial charge in [-0.25, -0.2) is 0 Å². The van der Waals surface area contributed by atoms with Crippen molar-refractivity contribution in [3.8, 4) is 5.75 Å². The maximum Gasteiger partial charge on any atom is 0.187 e. The molecule has 15 heavy (non-hydrogen) atoms. The quantitative estimate of drug-likeness (QED) is 0.329. The predicted molar refractivity (Wildman–Crippen MR) is 61.2 cm³/mol. The highest BCUT2D eigenvalue weighted by Crippen LogP contribution is 2.10. The molecule has 1 aromatic rings. The van der Waals surface area contributed by atoms with E-state index in [1.54, 1.807) is 20.1 Å². The molecule has 1 aromatic carbocycles. The molecule has 0 amide bonds. The Morgan fingerprint density at radius 3 is 2.40 bits per heavy atom. The Labute approximate surface area is 89.9 Å². The van der Waals surface area contributed by atoms with Gasteiger partial charge >= 0.3 is 0 Å². The standard InChI is InChI=1S/C12H15NO2/c1-4-10(2)13(14)9-11-5-7-12(15-3)8-6-11/h4-9H,1-3H3/b10-4+,13-9-. The maximum atomic E-state index is 11.5. The zero-order valence-corrected chi connectivity index (χ0v) is 9.23. The summed E-state index contributed by atoms with van der Waals surface area (Å²) in [6.45, 7) is 3.61. The van der Waals surface area contributed by atoms with Gasteiger partial charge in [-0.15, -0.1) is 0 Å². The number of hydrogen-bond acceptors (Lipinski definition) is 2. The van der Waals surface area contributed by atoms with Gasteiger partial charge in [0.2, 0.25) is 0 Å². The molecule has 0 aliphatic heterocycles. The Morgan fingerprint density at radius 1 is 1.33 bits per heavy atom. The van der Waals surface area contributed by atoms with E-state index >= 15 is 0 Å². The average Bonchev–Trinajstić information content (AvgIpc) is 2.29. The van der Waals surface area contributed by atoms with Crippen LogP contribution in [0.2, 0.25) is 0 Å². The smallest absolute Gasteiger partial charge is 0.187 e. The lowest BCUT2D eigenvalue weighted by Gasteiger charge is -2.02. The first-order chi connectivity index (χ1) is 7.17. The summed E-state index contributed by atoms with van der Waals surface area (Å²) in [6.07, 6.45) is 3.31. The first-order valence-corrected chi connectivity index (χ1v) is 4.75. The molecule has 0 N–H and O–H groups in total. The fraction of sp³-hybridized carbons (Fsp3) is 0.250. The van der Waals surface area contributed by atoms with Crippen LogP contribution in [0.5, 0.6) is 5.75 Å². The molecule has 1 rings (SSSR count). The van der Waals surface area contributed by atoms with Crippen molar-refractivity contribution in [3.63, 3.8) is 0 Å². The molecule has 3 heteroatoms. The summed E-state index contributed by atoms with van der Waals surface area (Å²) >= 11 is 0. The second kappa shape index (κ2) is 5.20. The molecule has 0 radical (unpaired) electrons. The van der Waals surface area contributed by atoms with Crippen LogP contribution in [0.1, 0.15) is 19.4 Å². The van der Waals surface area contributed by atoms with Crippen molar-refractivity contribution in [1.82, 2.24) is 0 Å². The molecule has 80 valence electrons. The molecule has 0 fully saturated rings. The van der Waals surface area contributed by atoms with Crippen LogP contribution in [0.4, 0.5) is 0 Å². The lowest BCUT2D eigenvalue weighted by molar-refractivity contribution is -0.395. The van der Waals surface area contributed by atoms with Crippen molar-refractivity contribution < 1.29 is 9.48 Å². The summed E-state index contributed by atoms with van der Waals surface area (Å²) in [7, 11) is 1.61. The van der Waals surface area contributed by atoms with E-state index < -0.39 is 0 Å². The van der Waals surface area contributed by atoms with Gasteiger partial charge in [0.15, 0.2) is 11.9 Å². The van der Waals surface area contributed by atoms with Crippen molar-refractivity contribution in [2.45, 2.75) is 13.8 Å². The van der Waals surface area contributed by atoms with Crippen LogP contribution in [-0.4, -0.2) is 18.1 Å². The van der Waals surface area contributed by atoms with E-state index in [1.165, 1.54) is 6.21 Å². The third-order valence-corrected chi connectivity index (χ3v) is 2.15. The molecular formula is C12H15NO2. The van der Waals surface area contributed by atoms with Crippen LogP contribution >= 0.6 is 0 Å². The number of hydroxylamine groups is 1. The zero-order chi connectivity index (χ0) is 11.3. The summed E-state index contributed by atoms with van der Waals surface area (Å²) in [4.78, 5) is 0. The highest BCUT2D eigenvalue weighted by molar-refractivity contribution is 5.76. The molecule has 0 saturated heterocycles. The van der Waals surface area contributed by atoms with Gasteiger partial charge in [-0.1, -0.05) is 0 Å². The predicted octanol–water partition coefficient (Wildman–Crippen LogP) is 2.55. The number of rotatable bonds is 3. The molecule has 0 atom stereocenters. The molecular weight excluding hydrogens is 190 g/mol. The normalized spacial score (nSPS) is 12.7. The summed E-state index contributed by atoms with van der Waals surface area (Å²) in [5, 5.41) is 11.5. The molecule has 0 aliphatic carbocycles. The molecule has 0 spiro atoms. The monoisotopic (exact) mass is 205 g/mol. The summed E-state index contributed by atoms with van der Waals surface area (Å²) in [6, 6.07) is 7.33. The third kappa shape index (κ3) is 3.13. The number of nitrogens with zero attached hydrogens (tertiary/aromatic N) is 1. The van der Waals surface area contributed by atoms with Crippen LogP contribution in [0, 0.1) is 5.21 Å². The lowest BCUT2D eigenvalue weighted by Crippen LogP contribution is -2.02. The first-order valence-electron chi connectivity index (χ1n) is 4.75. The molecule has 3 nitrogen and oxygen atoms in total. The van der Waals surface area contributed by atoms with Crippen LogP contribution in [0.3, 0.4) is 0 Å². The number of ether oxygens (including phenoxy) is 1. The summed E-state index contributed by atoms with van der Waals surface area (Å²) in [5.74, 6) is 0.785. The number of methoxy groups -OCH3 is 1. The van der Waals surface area contributed by atoms with Crippen LogP contribution in [-0.2, 0) is 0 Å². The van der Waals surface area contributed by atoms with Gasteiger partial charge < -0.3 is 9.94 Å². The first kappa shape index (κ1) is 11.3. The van der Waals surface area contributed by atoms with Gasteiger partial charge in [-0.3, -0.25) is 0 Å². The van der Waals surface area contributed by atoms with Crippen LogP contribution < -0.4 is 4.74 Å². The van der Waals surface area contributed by atoms with Crippen molar-refractivity contribution in [2.24, 2.45) is 0 Å². The van der Waals surface area contributed by atoms with Crippen molar-refractivity contribution >= 4 is 6.21 Å². The highest BCUT2D eigenvalue weighted by Gasteiger charge is 1.98. The van der Waals surface area contributed by atoms with Crippen molar-refractivity contribution in [2.75, 3.05) is 7.11 Å². The van der Waals surface area contributed by atoms with E-state index in [0.717, 1.165) is 16.1 Å². The van der Waals surface area contributed by atoms with Gasteiger partial charge in [-0.2, -0.15) is 4.74 Å². The van der Waals surface area contributed by atoms with Crippen molar-refractivity contribution in [3.05, 3.63) is 46.8 Å². The van der Waals surface area contributed by atoms with E-state index in [9.17, 15) is 5.21 Å². The van der Waals surface area contributed by atoms with Crippen molar-refractivity contribution in [1.29, 1.82) is 0 Å². The minimum Gasteiger partial charge on any atom is -0.618 e. The summed E-state index contributed by atoms with van der Waals surface area (Å²) in [5.41, 5.74) is 1.53. The molecule has 0 aromatic heterocycles. The second-order valence-electron chi connectivity index (χ2n) is 3.16. The van der Waals surface area contributed by atoms with E-state index in [4.69, 9.17) is 4.74 Å². The number of allylic oxidation sites excluding steroid dienone is 2. The highest BCUT2D eigenvalue weighted by atomic mass is 16.5. The Balaban J connectivity index is 2.89. The van der Waals surface area contributed by atoms with E-state index in [1.807, 2.05) is 31.2 Å². The van der Waals surface area contributed by atoms with Gasteiger partial charge in [0, 0.05) is 12.5 Å². The number of hydrogen-bond donors (Lipinski definition) is 0. The Hall–Kier alpha value is -1.77. The maximum absolute atomic E-state index is 11.5. The molecule has 0 unspecified atom stereocenters. The van der Waals surface area contributed by atoms with Gasteiger partial charge in [0.1, 0.15) is 5.75 Å². The van der Waals surface area contributed by atoms with Gasteiger partial charge in [0.25, 0.3) is 0 Å². The fourth-order valence-corrected chi connectivity index (χ4v) is 1.05.